The van der Waals surface area contributed by atoms with Gasteiger partial charge in [0.25, 0.3) is 0 Å². The first-order chi connectivity index (χ1) is 5.74. The van der Waals surface area contributed by atoms with Crippen LogP contribution < -0.4 is 0 Å². The number of benzene rings is 1. The summed E-state index contributed by atoms with van der Waals surface area (Å²) in [6.07, 6.45) is 0. The Morgan fingerprint density at radius 1 is 1.42 bits per heavy atom. The Kier molecular flexibility index (Phi) is 4.15. The summed E-state index contributed by atoms with van der Waals surface area (Å²) in [5.74, 6) is 0. The molecule has 0 N–H and O–H groups in total. The molecule has 0 spiro atoms. The molecule has 60 valence electrons. The van der Waals surface area contributed by atoms with E-state index < -0.39 is 22.1 Å². The van der Waals surface area contributed by atoms with Crippen LogP contribution in [0.15, 0.2) is 24.3 Å². The normalized spacial score (nSPS) is 9.08. The number of nitrogens with zero attached hydrogens (tertiary/aromatic N) is 1. The van der Waals surface area contributed by atoms with Crippen LogP contribution in [0.1, 0.15) is 5.56 Å². The molecular weight excluding hydrogens is 411 g/mol. The van der Waals surface area contributed by atoms with Crippen molar-refractivity contribution in [1.82, 2.24) is 0 Å². The van der Waals surface area contributed by atoms with Crippen molar-refractivity contribution in [2.75, 3.05) is 0 Å². The number of halogens is 1. The Bertz CT molecular complexity index is 275. The molecule has 1 rings (SSSR count). The molecule has 0 saturated carbocycles. The van der Waals surface area contributed by atoms with Crippen LogP contribution in [0, 0.1) is 10.1 Å². The van der Waals surface area contributed by atoms with Gasteiger partial charge in [0.15, 0.2) is 0 Å². The van der Waals surface area contributed by atoms with E-state index in [9.17, 15) is 10.1 Å². The Morgan fingerprint density at radius 2 is 2.00 bits per heavy atom. The molecule has 12 heavy (non-hydrogen) atoms. The van der Waals surface area contributed by atoms with E-state index in [1.807, 2.05) is 12.1 Å². The Hall–Kier alpha value is 0.0351. The van der Waals surface area contributed by atoms with E-state index >= 15 is 0 Å². The van der Waals surface area contributed by atoms with Crippen molar-refractivity contribution in [3.63, 3.8) is 0 Å². The van der Waals surface area contributed by atoms with Gasteiger partial charge < -0.3 is 0 Å². The predicted octanol–water partition coefficient (Wildman–Crippen LogP) is 2.49. The van der Waals surface area contributed by atoms with Gasteiger partial charge in [0.05, 0.1) is 0 Å². The van der Waals surface area contributed by atoms with Gasteiger partial charge in [0.2, 0.25) is 0 Å². The SMILES string of the molecule is O=[N+]([O-])c1ccc([CH2][Hg][Br])cc1. The molecule has 0 aliphatic heterocycles. The van der Waals surface area contributed by atoms with Crippen molar-refractivity contribution < 1.29 is 27.1 Å². The number of non-ortho nitro benzene ring substituents is 1. The molecule has 0 amide bonds. The van der Waals surface area contributed by atoms with Gasteiger partial charge in [-0.2, -0.15) is 0 Å². The topological polar surface area (TPSA) is 43.1 Å². The van der Waals surface area contributed by atoms with Crippen molar-refractivity contribution in [2.24, 2.45) is 0 Å². The average molecular weight is 417 g/mol. The molecule has 0 aliphatic rings. The standard InChI is InChI=1S/C7H6NO2.BrH.Hg/c1-6-2-4-7(5-3-6)8(9)10;;/h2-5H,1H2;1H;/q;;+1/p-1. The third-order valence-electron chi connectivity index (χ3n) is 1.53. The summed E-state index contributed by atoms with van der Waals surface area (Å²) in [5, 5.41) is 10.3. The molecule has 0 atom stereocenters. The predicted molar refractivity (Wildman–Crippen MR) is 45.7 cm³/mol. The monoisotopic (exact) mass is 417 g/mol. The maximum atomic E-state index is 10.3. The first-order valence-electron chi connectivity index (χ1n) is 3.53. The fourth-order valence-corrected chi connectivity index (χ4v) is 7.06. The second kappa shape index (κ2) is 4.92. The molecule has 5 heteroatoms. The van der Waals surface area contributed by atoms with Gasteiger partial charge in [-0.1, -0.05) is 0 Å². The Morgan fingerprint density at radius 3 is 2.42 bits per heavy atom. The zero-order chi connectivity index (χ0) is 8.97. The van der Waals surface area contributed by atoms with E-state index in [1.54, 1.807) is 12.1 Å². The zero-order valence-corrected chi connectivity index (χ0v) is 13.4. The third-order valence-corrected chi connectivity index (χ3v) is 7.99. The fourth-order valence-electron chi connectivity index (χ4n) is 0.893. The van der Waals surface area contributed by atoms with Gasteiger partial charge in [0, 0.05) is 0 Å². The van der Waals surface area contributed by atoms with E-state index in [2.05, 4.69) is 11.9 Å². The summed E-state index contributed by atoms with van der Waals surface area (Å²) in [6, 6.07) is 6.79. The van der Waals surface area contributed by atoms with Crippen molar-refractivity contribution in [3.8, 4) is 0 Å². The molecule has 0 heterocycles. The molecule has 1 aromatic carbocycles. The van der Waals surface area contributed by atoms with Crippen LogP contribution in [0.4, 0.5) is 5.69 Å². The van der Waals surface area contributed by atoms with E-state index in [1.165, 1.54) is 5.56 Å². The Balaban J connectivity index is 2.78. The van der Waals surface area contributed by atoms with Crippen molar-refractivity contribution in [3.05, 3.63) is 39.9 Å². The van der Waals surface area contributed by atoms with Crippen LogP contribution in [-0.4, -0.2) is 4.92 Å². The number of hydrogen-bond donors (Lipinski definition) is 0. The summed E-state index contributed by atoms with van der Waals surface area (Å²) in [4.78, 5) is 9.91. The van der Waals surface area contributed by atoms with E-state index in [-0.39, 0.29) is 10.6 Å². The second-order valence-corrected chi connectivity index (χ2v) is 12.7. The number of nitro benzene ring substituents is 1. The Labute approximate surface area is 88.0 Å². The first kappa shape index (κ1) is 10.1. The summed E-state index contributed by atoms with van der Waals surface area (Å²) in [7, 11) is 0. The third kappa shape index (κ3) is 2.82. The molecule has 0 aliphatic carbocycles. The van der Waals surface area contributed by atoms with Crippen LogP contribution in [0.5, 0.6) is 0 Å². The van der Waals surface area contributed by atoms with Crippen LogP contribution >= 0.6 is 11.9 Å². The molecule has 0 unspecified atom stereocenters. The number of rotatable bonds is 3. The van der Waals surface area contributed by atoms with Gasteiger partial charge in [-0.15, -0.1) is 0 Å². The van der Waals surface area contributed by atoms with Gasteiger partial charge >= 0.3 is 88.5 Å². The van der Waals surface area contributed by atoms with Gasteiger partial charge in [-0.25, -0.2) is 0 Å². The van der Waals surface area contributed by atoms with Crippen molar-refractivity contribution in [2.45, 2.75) is 3.93 Å². The molecule has 0 bridgehead atoms. The number of nitro groups is 1. The summed E-state index contributed by atoms with van der Waals surface area (Å²) < 4.78 is 1.12. The summed E-state index contributed by atoms with van der Waals surface area (Å²) in [6.45, 7) is 0. The van der Waals surface area contributed by atoms with Gasteiger partial charge in [-0.05, 0) is 0 Å². The molecule has 3 nitrogen and oxygen atoms in total. The van der Waals surface area contributed by atoms with Crippen molar-refractivity contribution in [1.29, 1.82) is 0 Å². The zero-order valence-electron chi connectivity index (χ0n) is 6.37. The van der Waals surface area contributed by atoms with Crippen LogP contribution in [0.2, 0.25) is 0 Å². The van der Waals surface area contributed by atoms with Crippen molar-refractivity contribution >= 4 is 17.6 Å². The molecule has 1 aromatic rings. The minimum atomic E-state index is -0.805. The van der Waals surface area contributed by atoms with Gasteiger partial charge in [-0.3, -0.25) is 0 Å². The molecule has 0 radical (unpaired) electrons. The molecule has 0 saturated heterocycles. The summed E-state index contributed by atoms with van der Waals surface area (Å²) in [5.41, 5.74) is 1.38. The average Bonchev–Trinajstić information content (AvgIpc) is 2.06. The van der Waals surface area contributed by atoms with E-state index in [0.717, 1.165) is 3.93 Å². The van der Waals surface area contributed by atoms with E-state index in [0.29, 0.717) is 0 Å². The maximum absolute atomic E-state index is 10.3. The molecule has 0 fully saturated rings. The minimum absolute atomic E-state index is 0.171. The molecular formula is C7H6BrHgNO2. The first-order valence-corrected chi connectivity index (χ1v) is 19.3. The quantitative estimate of drug-likeness (QED) is 0.432. The van der Waals surface area contributed by atoms with Gasteiger partial charge in [0.1, 0.15) is 0 Å². The van der Waals surface area contributed by atoms with Crippen LogP contribution in [-0.2, 0) is 26.1 Å². The van der Waals surface area contributed by atoms with E-state index in [4.69, 9.17) is 0 Å². The van der Waals surface area contributed by atoms with Crippen LogP contribution in [0.25, 0.3) is 0 Å². The second-order valence-electron chi connectivity index (χ2n) is 2.36. The summed E-state index contributed by atoms with van der Waals surface area (Å²) >= 11 is 2.72. The molecule has 0 aromatic heterocycles. The number of hydrogen-bond acceptors (Lipinski definition) is 2. The fraction of sp³-hybridized carbons (Fsp3) is 0.143. The van der Waals surface area contributed by atoms with Crippen LogP contribution in [0.3, 0.4) is 0 Å².